The summed E-state index contributed by atoms with van der Waals surface area (Å²) in [5.74, 6) is -0.690. The number of anilines is 1. The van der Waals surface area contributed by atoms with Gasteiger partial charge in [0.05, 0.1) is 19.7 Å². The highest BCUT2D eigenvalue weighted by molar-refractivity contribution is 5.93. The Morgan fingerprint density at radius 3 is 2.15 bits per heavy atom. The van der Waals surface area contributed by atoms with E-state index in [9.17, 15) is 14.4 Å². The standard InChI is InChI=1S/C18H28N4O4/c1-5-22(13-17(24)20-18(25)26-6-2)12-16(23)19-11-14-7-9-15(10-8-14)21(3)4/h7-10H,5-6,11-13H2,1-4H3,(H,19,23)(H,20,24,25). The number of ether oxygens (including phenoxy) is 1. The summed E-state index contributed by atoms with van der Waals surface area (Å²) in [6.07, 6.45) is -0.779. The van der Waals surface area contributed by atoms with Gasteiger partial charge in [0, 0.05) is 26.3 Å². The molecule has 0 saturated heterocycles. The lowest BCUT2D eigenvalue weighted by molar-refractivity contribution is -0.124. The molecule has 0 atom stereocenters. The molecule has 8 heteroatoms. The van der Waals surface area contributed by atoms with Crippen LogP contribution in [0.4, 0.5) is 10.5 Å². The number of likely N-dealkylation sites (N-methyl/N-ethyl adjacent to an activating group) is 1. The average Bonchev–Trinajstić information content (AvgIpc) is 2.59. The molecule has 0 aliphatic carbocycles. The summed E-state index contributed by atoms with van der Waals surface area (Å²) in [5, 5.41) is 4.94. The molecule has 0 radical (unpaired) electrons. The molecule has 144 valence electrons. The maximum Gasteiger partial charge on any atom is 0.413 e. The molecule has 1 rings (SSSR count). The zero-order chi connectivity index (χ0) is 19.5. The molecule has 0 fully saturated rings. The molecule has 26 heavy (non-hydrogen) atoms. The van der Waals surface area contributed by atoms with Crippen LogP contribution in [0.3, 0.4) is 0 Å². The minimum atomic E-state index is -0.779. The van der Waals surface area contributed by atoms with E-state index in [1.807, 2.05) is 50.2 Å². The Balaban J connectivity index is 2.41. The van der Waals surface area contributed by atoms with Gasteiger partial charge in [0.1, 0.15) is 0 Å². The quantitative estimate of drug-likeness (QED) is 0.678. The second-order valence-corrected chi connectivity index (χ2v) is 5.91. The average molecular weight is 364 g/mol. The van der Waals surface area contributed by atoms with Gasteiger partial charge in [-0.25, -0.2) is 4.79 Å². The van der Waals surface area contributed by atoms with Gasteiger partial charge in [0.2, 0.25) is 11.8 Å². The Labute approximate surface area is 154 Å². The maximum absolute atomic E-state index is 12.1. The van der Waals surface area contributed by atoms with Crippen molar-refractivity contribution in [1.82, 2.24) is 15.5 Å². The topological polar surface area (TPSA) is 91.0 Å². The summed E-state index contributed by atoms with van der Waals surface area (Å²) in [6.45, 7) is 4.61. The Morgan fingerprint density at radius 2 is 1.62 bits per heavy atom. The van der Waals surface area contributed by atoms with E-state index in [2.05, 4.69) is 15.4 Å². The van der Waals surface area contributed by atoms with Crippen LogP contribution < -0.4 is 15.5 Å². The maximum atomic E-state index is 12.1. The number of hydrogen-bond acceptors (Lipinski definition) is 6. The fraction of sp³-hybridized carbons (Fsp3) is 0.500. The summed E-state index contributed by atoms with van der Waals surface area (Å²) < 4.78 is 4.65. The highest BCUT2D eigenvalue weighted by Crippen LogP contribution is 2.11. The van der Waals surface area contributed by atoms with Crippen molar-refractivity contribution in [1.29, 1.82) is 0 Å². The number of rotatable bonds is 9. The van der Waals surface area contributed by atoms with Crippen LogP contribution in [0.5, 0.6) is 0 Å². The van der Waals surface area contributed by atoms with Crippen molar-refractivity contribution in [2.24, 2.45) is 0 Å². The molecule has 0 unspecified atom stereocenters. The summed E-state index contributed by atoms with van der Waals surface area (Å²) >= 11 is 0. The third kappa shape index (κ3) is 7.98. The van der Waals surface area contributed by atoms with Crippen LogP contribution in [-0.2, 0) is 20.9 Å². The van der Waals surface area contributed by atoms with Crippen molar-refractivity contribution >= 4 is 23.6 Å². The highest BCUT2D eigenvalue weighted by atomic mass is 16.5. The SMILES string of the molecule is CCOC(=O)NC(=O)CN(CC)CC(=O)NCc1ccc(N(C)C)cc1. The van der Waals surface area contributed by atoms with Crippen LogP contribution in [0.2, 0.25) is 0 Å². The Hall–Kier alpha value is -2.61. The number of amides is 3. The zero-order valence-electron chi connectivity index (χ0n) is 15.9. The van der Waals surface area contributed by atoms with E-state index in [4.69, 9.17) is 0 Å². The van der Waals surface area contributed by atoms with Crippen LogP contribution in [0, 0.1) is 0 Å². The van der Waals surface area contributed by atoms with Gasteiger partial charge in [-0.15, -0.1) is 0 Å². The normalized spacial score (nSPS) is 10.3. The van der Waals surface area contributed by atoms with Crippen LogP contribution in [0.25, 0.3) is 0 Å². The molecule has 8 nitrogen and oxygen atoms in total. The van der Waals surface area contributed by atoms with Gasteiger partial charge in [-0.1, -0.05) is 19.1 Å². The first kappa shape index (κ1) is 21.4. The molecule has 0 bridgehead atoms. The van der Waals surface area contributed by atoms with E-state index in [1.165, 1.54) is 0 Å². The lowest BCUT2D eigenvalue weighted by Crippen LogP contribution is -2.44. The van der Waals surface area contributed by atoms with Gasteiger partial charge in [0.25, 0.3) is 0 Å². The van der Waals surface area contributed by atoms with Gasteiger partial charge in [-0.05, 0) is 31.2 Å². The second kappa shape index (κ2) is 11.1. The lowest BCUT2D eigenvalue weighted by atomic mass is 10.2. The van der Waals surface area contributed by atoms with Crippen molar-refractivity contribution in [3.05, 3.63) is 29.8 Å². The first-order valence-corrected chi connectivity index (χ1v) is 8.57. The van der Waals surface area contributed by atoms with Gasteiger partial charge in [-0.3, -0.25) is 19.8 Å². The molecule has 1 aromatic rings. The van der Waals surface area contributed by atoms with Crippen LogP contribution in [0.15, 0.2) is 24.3 Å². The fourth-order valence-corrected chi connectivity index (χ4v) is 2.17. The predicted octanol–water partition coefficient (Wildman–Crippen LogP) is 0.963. The van der Waals surface area contributed by atoms with Crippen molar-refractivity contribution in [2.75, 3.05) is 45.2 Å². The second-order valence-electron chi connectivity index (χ2n) is 5.91. The van der Waals surface area contributed by atoms with E-state index in [1.54, 1.807) is 11.8 Å². The summed E-state index contributed by atoms with van der Waals surface area (Å²) in [7, 11) is 3.93. The minimum absolute atomic E-state index is 0.0553. The third-order valence-electron chi connectivity index (χ3n) is 3.64. The molecule has 0 spiro atoms. The first-order valence-electron chi connectivity index (χ1n) is 8.57. The molecular weight excluding hydrogens is 336 g/mol. The number of carbonyl (C=O) groups excluding carboxylic acids is 3. The molecule has 0 saturated carbocycles. The number of nitrogens with zero attached hydrogens (tertiary/aromatic N) is 2. The van der Waals surface area contributed by atoms with E-state index in [0.29, 0.717) is 13.1 Å². The molecular formula is C18H28N4O4. The van der Waals surface area contributed by atoms with Crippen LogP contribution in [-0.4, -0.2) is 63.1 Å². The van der Waals surface area contributed by atoms with Gasteiger partial charge >= 0.3 is 6.09 Å². The summed E-state index contributed by atoms with van der Waals surface area (Å²) in [5.41, 5.74) is 2.08. The number of carbonyl (C=O) groups is 3. The van der Waals surface area contributed by atoms with Crippen molar-refractivity contribution in [3.8, 4) is 0 Å². The lowest BCUT2D eigenvalue weighted by Gasteiger charge is -2.19. The van der Waals surface area contributed by atoms with Crippen LogP contribution in [0.1, 0.15) is 19.4 Å². The summed E-state index contributed by atoms with van der Waals surface area (Å²) in [4.78, 5) is 38.7. The molecule has 1 aromatic carbocycles. The molecule has 0 aliphatic heterocycles. The first-order chi connectivity index (χ1) is 12.3. The van der Waals surface area contributed by atoms with Gasteiger partial charge in [0.15, 0.2) is 0 Å². The van der Waals surface area contributed by atoms with Gasteiger partial charge in [-0.2, -0.15) is 0 Å². The number of benzene rings is 1. The Morgan fingerprint density at radius 1 is 1.00 bits per heavy atom. The Kier molecular flexibility index (Phi) is 9.14. The van der Waals surface area contributed by atoms with Gasteiger partial charge < -0.3 is 15.0 Å². The largest absolute Gasteiger partial charge is 0.450 e. The molecule has 0 aromatic heterocycles. The molecule has 3 amide bonds. The minimum Gasteiger partial charge on any atom is -0.450 e. The third-order valence-corrected chi connectivity index (χ3v) is 3.64. The van der Waals surface area contributed by atoms with Crippen LogP contribution >= 0.6 is 0 Å². The van der Waals surface area contributed by atoms with E-state index in [-0.39, 0.29) is 25.6 Å². The van der Waals surface area contributed by atoms with Crippen molar-refractivity contribution in [2.45, 2.75) is 20.4 Å². The molecule has 0 heterocycles. The molecule has 2 N–H and O–H groups in total. The van der Waals surface area contributed by atoms with Crippen molar-refractivity contribution in [3.63, 3.8) is 0 Å². The zero-order valence-corrected chi connectivity index (χ0v) is 15.9. The fourth-order valence-electron chi connectivity index (χ4n) is 2.17. The number of hydrogen-bond donors (Lipinski definition) is 2. The Bertz CT molecular complexity index is 602. The monoisotopic (exact) mass is 364 g/mol. The number of nitrogens with one attached hydrogen (secondary N) is 2. The van der Waals surface area contributed by atoms with E-state index in [0.717, 1.165) is 11.3 Å². The predicted molar refractivity (Wildman–Crippen MR) is 99.9 cm³/mol. The smallest absolute Gasteiger partial charge is 0.413 e. The molecule has 0 aliphatic rings. The number of alkyl carbamates (subject to hydrolysis) is 1. The highest BCUT2D eigenvalue weighted by Gasteiger charge is 2.15. The van der Waals surface area contributed by atoms with E-state index < -0.39 is 12.0 Å². The van der Waals surface area contributed by atoms with E-state index >= 15 is 0 Å². The van der Waals surface area contributed by atoms with Crippen molar-refractivity contribution < 1.29 is 19.1 Å². The summed E-state index contributed by atoms with van der Waals surface area (Å²) in [6, 6.07) is 7.89. The number of imide groups is 1.